The Morgan fingerprint density at radius 1 is 1.26 bits per heavy atom. The molecule has 0 unspecified atom stereocenters. The van der Waals surface area contributed by atoms with Gasteiger partial charge in [0.1, 0.15) is 5.75 Å². The van der Waals surface area contributed by atoms with Crippen molar-refractivity contribution in [3.05, 3.63) is 29.3 Å². The number of rotatable bonds is 4. The fourth-order valence-electron chi connectivity index (χ4n) is 1.57. The van der Waals surface area contributed by atoms with Gasteiger partial charge in [-0.15, -0.1) is 11.6 Å². The summed E-state index contributed by atoms with van der Waals surface area (Å²) in [5.74, 6) is 7.68. The van der Waals surface area contributed by atoms with Crippen LogP contribution in [0.3, 0.4) is 0 Å². The summed E-state index contributed by atoms with van der Waals surface area (Å²) in [6.45, 7) is 9.47. The van der Waals surface area contributed by atoms with Crippen molar-refractivity contribution in [1.82, 2.24) is 0 Å². The van der Waals surface area contributed by atoms with E-state index in [1.807, 2.05) is 12.1 Å². The van der Waals surface area contributed by atoms with Crippen LogP contribution in [0.5, 0.6) is 5.75 Å². The van der Waals surface area contributed by atoms with Gasteiger partial charge in [0, 0.05) is 17.9 Å². The lowest BCUT2D eigenvalue weighted by Crippen LogP contribution is -2.11. The molecule has 0 spiro atoms. The molecule has 0 atom stereocenters. The second kappa shape index (κ2) is 7.46. The second-order valence-electron chi connectivity index (χ2n) is 5.88. The fourth-order valence-corrected chi connectivity index (χ4v) is 1.66. The van der Waals surface area contributed by atoms with Crippen molar-refractivity contribution in [3.8, 4) is 17.6 Å². The first kappa shape index (κ1) is 15.9. The van der Waals surface area contributed by atoms with Gasteiger partial charge < -0.3 is 4.74 Å². The highest BCUT2D eigenvalue weighted by Crippen LogP contribution is 2.22. The van der Waals surface area contributed by atoms with Crippen molar-refractivity contribution in [2.45, 2.75) is 40.5 Å². The van der Waals surface area contributed by atoms with Gasteiger partial charge >= 0.3 is 0 Å². The predicted octanol–water partition coefficient (Wildman–Crippen LogP) is 4.79. The lowest BCUT2D eigenvalue weighted by Gasteiger charge is -2.18. The summed E-state index contributed by atoms with van der Waals surface area (Å²) < 4.78 is 5.82. The standard InChI is InChI=1S/C17H23ClO/c1-14-13-15(7-5-6-11-18)8-9-16(14)19-12-10-17(2,3)4/h8-9,13H,6,10-12H2,1-4H3. The smallest absolute Gasteiger partial charge is 0.122 e. The predicted molar refractivity (Wildman–Crippen MR) is 83.0 cm³/mol. The largest absolute Gasteiger partial charge is 0.493 e. The highest BCUT2D eigenvalue weighted by atomic mass is 35.5. The highest BCUT2D eigenvalue weighted by molar-refractivity contribution is 6.18. The number of ether oxygens (including phenoxy) is 1. The van der Waals surface area contributed by atoms with Crippen LogP contribution in [0.1, 0.15) is 44.7 Å². The van der Waals surface area contributed by atoms with E-state index >= 15 is 0 Å². The second-order valence-corrected chi connectivity index (χ2v) is 6.26. The summed E-state index contributed by atoms with van der Waals surface area (Å²) in [6, 6.07) is 6.07. The van der Waals surface area contributed by atoms with Crippen LogP contribution in [0.2, 0.25) is 0 Å². The first-order chi connectivity index (χ1) is 8.92. The molecule has 0 N–H and O–H groups in total. The molecule has 0 amide bonds. The van der Waals surface area contributed by atoms with Crippen LogP contribution in [0.4, 0.5) is 0 Å². The molecule has 0 saturated carbocycles. The number of aryl methyl sites for hydroxylation is 1. The minimum Gasteiger partial charge on any atom is -0.493 e. The molecule has 104 valence electrons. The molecule has 0 fully saturated rings. The van der Waals surface area contributed by atoms with Crippen LogP contribution in [0.25, 0.3) is 0 Å². The Hall–Kier alpha value is -1.13. The molecule has 0 aliphatic rings. The maximum Gasteiger partial charge on any atom is 0.122 e. The first-order valence-corrected chi connectivity index (χ1v) is 7.24. The summed E-state index contributed by atoms with van der Waals surface area (Å²) in [7, 11) is 0. The monoisotopic (exact) mass is 278 g/mol. The van der Waals surface area contributed by atoms with Gasteiger partial charge in [0.05, 0.1) is 6.61 Å². The van der Waals surface area contributed by atoms with Gasteiger partial charge in [0.2, 0.25) is 0 Å². The zero-order chi connectivity index (χ0) is 14.3. The molecule has 19 heavy (non-hydrogen) atoms. The average molecular weight is 279 g/mol. The molecule has 0 saturated heterocycles. The third kappa shape index (κ3) is 6.55. The Balaban J connectivity index is 2.60. The van der Waals surface area contributed by atoms with Crippen molar-refractivity contribution >= 4 is 11.6 Å². The van der Waals surface area contributed by atoms with E-state index < -0.39 is 0 Å². The summed E-state index contributed by atoms with van der Waals surface area (Å²) >= 11 is 5.60. The highest BCUT2D eigenvalue weighted by Gasteiger charge is 2.10. The molecule has 2 heteroatoms. The van der Waals surface area contributed by atoms with Crippen LogP contribution >= 0.6 is 11.6 Å². The van der Waals surface area contributed by atoms with E-state index in [2.05, 4.69) is 45.6 Å². The third-order valence-electron chi connectivity index (χ3n) is 2.74. The van der Waals surface area contributed by atoms with Crippen LogP contribution in [-0.2, 0) is 0 Å². The van der Waals surface area contributed by atoms with E-state index in [9.17, 15) is 0 Å². The molecule has 0 aliphatic carbocycles. The molecule has 1 aromatic rings. The van der Waals surface area contributed by atoms with E-state index in [1.165, 1.54) is 0 Å². The van der Waals surface area contributed by atoms with Gasteiger partial charge in [0.15, 0.2) is 0 Å². The molecule has 1 nitrogen and oxygen atoms in total. The summed E-state index contributed by atoms with van der Waals surface area (Å²) in [4.78, 5) is 0. The number of alkyl halides is 1. The Kier molecular flexibility index (Phi) is 6.25. The fraction of sp³-hybridized carbons (Fsp3) is 0.529. The number of benzene rings is 1. The molecule has 0 aliphatic heterocycles. The van der Waals surface area contributed by atoms with E-state index in [-0.39, 0.29) is 0 Å². The maximum atomic E-state index is 5.82. The van der Waals surface area contributed by atoms with Gasteiger partial charge in [0.25, 0.3) is 0 Å². The lowest BCUT2D eigenvalue weighted by molar-refractivity contribution is 0.242. The minimum atomic E-state index is 0.306. The number of halogens is 1. The summed E-state index contributed by atoms with van der Waals surface area (Å²) in [5, 5.41) is 0. The first-order valence-electron chi connectivity index (χ1n) is 6.71. The molecule has 0 aromatic heterocycles. The van der Waals surface area contributed by atoms with Gasteiger partial charge in [-0.25, -0.2) is 0 Å². The van der Waals surface area contributed by atoms with Crippen molar-refractivity contribution in [1.29, 1.82) is 0 Å². The van der Waals surface area contributed by atoms with Gasteiger partial charge in [-0.3, -0.25) is 0 Å². The Bertz CT molecular complexity index is 460. The van der Waals surface area contributed by atoms with Crippen LogP contribution < -0.4 is 4.74 Å². The summed E-state index contributed by atoms with van der Waals surface area (Å²) in [6.07, 6.45) is 1.77. The Labute approximate surface area is 122 Å². The van der Waals surface area contributed by atoms with Crippen molar-refractivity contribution in [3.63, 3.8) is 0 Å². The zero-order valence-corrected chi connectivity index (χ0v) is 13.1. The van der Waals surface area contributed by atoms with E-state index in [0.717, 1.165) is 36.3 Å². The quantitative estimate of drug-likeness (QED) is 0.568. The Morgan fingerprint density at radius 2 is 2.00 bits per heavy atom. The van der Waals surface area contributed by atoms with Crippen molar-refractivity contribution in [2.24, 2.45) is 5.41 Å². The van der Waals surface area contributed by atoms with E-state index in [1.54, 1.807) is 0 Å². The maximum absolute atomic E-state index is 5.82. The minimum absolute atomic E-state index is 0.306. The molecule has 1 aromatic carbocycles. The molecule has 0 heterocycles. The van der Waals surface area contributed by atoms with Crippen LogP contribution in [-0.4, -0.2) is 12.5 Å². The van der Waals surface area contributed by atoms with E-state index in [0.29, 0.717) is 11.3 Å². The van der Waals surface area contributed by atoms with Crippen molar-refractivity contribution < 1.29 is 4.74 Å². The summed E-state index contributed by atoms with van der Waals surface area (Å²) in [5.41, 5.74) is 2.46. The normalized spacial score (nSPS) is 10.8. The SMILES string of the molecule is Cc1cc(C#CCCCl)ccc1OCCC(C)(C)C. The topological polar surface area (TPSA) is 9.23 Å². The average Bonchev–Trinajstić information content (AvgIpc) is 2.31. The number of hydrogen-bond acceptors (Lipinski definition) is 1. The lowest BCUT2D eigenvalue weighted by atomic mass is 9.93. The molecule has 0 bridgehead atoms. The molecule has 0 radical (unpaired) electrons. The van der Waals surface area contributed by atoms with Gasteiger partial charge in [-0.05, 0) is 42.5 Å². The van der Waals surface area contributed by atoms with Crippen LogP contribution in [0, 0.1) is 24.2 Å². The molecular weight excluding hydrogens is 256 g/mol. The van der Waals surface area contributed by atoms with Gasteiger partial charge in [-0.2, -0.15) is 0 Å². The van der Waals surface area contributed by atoms with Crippen LogP contribution in [0.15, 0.2) is 18.2 Å². The molecular formula is C17H23ClO. The van der Waals surface area contributed by atoms with Gasteiger partial charge in [-0.1, -0.05) is 32.6 Å². The van der Waals surface area contributed by atoms with E-state index in [4.69, 9.17) is 16.3 Å². The number of hydrogen-bond donors (Lipinski definition) is 0. The third-order valence-corrected chi connectivity index (χ3v) is 2.93. The Morgan fingerprint density at radius 3 is 2.58 bits per heavy atom. The van der Waals surface area contributed by atoms with Crippen molar-refractivity contribution in [2.75, 3.05) is 12.5 Å². The molecule has 1 rings (SSSR count). The zero-order valence-electron chi connectivity index (χ0n) is 12.3.